The first-order chi connectivity index (χ1) is 11.9. The highest BCUT2D eigenvalue weighted by molar-refractivity contribution is 7.89. The van der Waals surface area contributed by atoms with Gasteiger partial charge in [0.25, 0.3) is 5.89 Å². The molecule has 2 rings (SSSR count). The zero-order chi connectivity index (χ0) is 18.4. The van der Waals surface area contributed by atoms with E-state index in [-0.39, 0.29) is 29.0 Å². The summed E-state index contributed by atoms with van der Waals surface area (Å²) in [5, 5.41) is 3.70. The molecule has 0 aliphatic heterocycles. The van der Waals surface area contributed by atoms with Gasteiger partial charge in [0.05, 0.1) is 10.5 Å². The van der Waals surface area contributed by atoms with E-state index in [1.807, 2.05) is 13.8 Å². The maximum Gasteiger partial charge on any atom is 0.338 e. The molecule has 0 fully saturated rings. The molecule has 0 saturated carbocycles. The Labute approximate surface area is 146 Å². The van der Waals surface area contributed by atoms with Gasteiger partial charge in [0.1, 0.15) is 0 Å². The molecule has 0 amide bonds. The number of carbonyl (C=O) groups is 1. The van der Waals surface area contributed by atoms with E-state index < -0.39 is 16.0 Å². The Morgan fingerprint density at radius 2 is 1.96 bits per heavy atom. The predicted molar refractivity (Wildman–Crippen MR) is 89.3 cm³/mol. The van der Waals surface area contributed by atoms with Crippen LogP contribution in [0.25, 0.3) is 0 Å². The summed E-state index contributed by atoms with van der Waals surface area (Å²) in [6, 6.07) is 5.36. The Kier molecular flexibility index (Phi) is 6.27. The van der Waals surface area contributed by atoms with Crippen molar-refractivity contribution in [3.63, 3.8) is 0 Å². The molecule has 136 valence electrons. The van der Waals surface area contributed by atoms with Gasteiger partial charge in [0.2, 0.25) is 10.0 Å². The molecule has 0 aliphatic carbocycles. The van der Waals surface area contributed by atoms with Crippen LogP contribution >= 0.6 is 0 Å². The molecule has 1 N–H and O–H groups in total. The van der Waals surface area contributed by atoms with Crippen molar-refractivity contribution in [1.82, 2.24) is 14.9 Å². The lowest BCUT2D eigenvalue weighted by Gasteiger charge is -2.12. The van der Waals surface area contributed by atoms with Crippen LogP contribution in [-0.4, -0.2) is 30.6 Å². The molecule has 1 atom stereocenters. The van der Waals surface area contributed by atoms with Crippen LogP contribution < -0.4 is 4.72 Å². The summed E-state index contributed by atoms with van der Waals surface area (Å²) < 4.78 is 36.9. The highest BCUT2D eigenvalue weighted by atomic mass is 32.2. The Morgan fingerprint density at radius 1 is 1.28 bits per heavy atom. The van der Waals surface area contributed by atoms with Gasteiger partial charge >= 0.3 is 5.97 Å². The number of ether oxygens (including phenoxy) is 1. The van der Waals surface area contributed by atoms with Crippen molar-refractivity contribution < 1.29 is 22.5 Å². The van der Waals surface area contributed by atoms with Gasteiger partial charge in [0, 0.05) is 12.5 Å². The fraction of sp³-hybridized carbons (Fsp3) is 0.438. The number of carbonyl (C=O) groups excluding carboxylic acids is 1. The van der Waals surface area contributed by atoms with Crippen LogP contribution in [-0.2, 0) is 27.8 Å². The standard InChI is InChI=1S/C16H21N3O5S/c1-4-11(3)19-25(21,22)13-8-6-12(7-9-13)16(20)23-10-15-17-14(5-2)18-24-15/h6-9,11,19H,4-5,10H2,1-3H3. The van der Waals surface area contributed by atoms with Gasteiger partial charge in [0.15, 0.2) is 12.4 Å². The minimum atomic E-state index is -3.60. The zero-order valence-corrected chi connectivity index (χ0v) is 15.2. The number of nitrogens with one attached hydrogen (secondary N) is 1. The molecule has 1 heterocycles. The van der Waals surface area contributed by atoms with Crippen molar-refractivity contribution >= 4 is 16.0 Å². The molecule has 1 unspecified atom stereocenters. The Balaban J connectivity index is 2.00. The maximum absolute atomic E-state index is 12.2. The van der Waals surface area contributed by atoms with E-state index in [1.165, 1.54) is 24.3 Å². The summed E-state index contributed by atoms with van der Waals surface area (Å²) in [4.78, 5) is 16.1. The lowest BCUT2D eigenvalue weighted by atomic mass is 10.2. The average Bonchev–Trinajstić information content (AvgIpc) is 3.07. The van der Waals surface area contributed by atoms with Crippen LogP contribution in [0.1, 0.15) is 49.3 Å². The van der Waals surface area contributed by atoms with Crippen molar-refractivity contribution in [2.45, 2.75) is 51.2 Å². The normalized spacial score (nSPS) is 12.8. The third kappa shape index (κ3) is 5.10. The molecule has 0 aliphatic rings. The van der Waals surface area contributed by atoms with Crippen molar-refractivity contribution in [1.29, 1.82) is 0 Å². The van der Waals surface area contributed by atoms with Gasteiger partial charge in [-0.2, -0.15) is 4.98 Å². The number of aromatic nitrogens is 2. The van der Waals surface area contributed by atoms with E-state index in [9.17, 15) is 13.2 Å². The van der Waals surface area contributed by atoms with E-state index in [4.69, 9.17) is 9.26 Å². The van der Waals surface area contributed by atoms with E-state index in [2.05, 4.69) is 14.9 Å². The molecule has 8 nitrogen and oxygen atoms in total. The summed E-state index contributed by atoms with van der Waals surface area (Å²) in [5.41, 5.74) is 0.234. The molecule has 25 heavy (non-hydrogen) atoms. The Bertz CT molecular complexity index is 815. The fourth-order valence-electron chi connectivity index (χ4n) is 1.89. The third-order valence-corrected chi connectivity index (χ3v) is 5.13. The average molecular weight is 367 g/mol. The lowest BCUT2D eigenvalue weighted by molar-refractivity contribution is 0.0429. The summed E-state index contributed by atoms with van der Waals surface area (Å²) in [5.74, 6) is 0.145. The van der Waals surface area contributed by atoms with Crippen LogP contribution in [0.2, 0.25) is 0 Å². The van der Waals surface area contributed by atoms with E-state index >= 15 is 0 Å². The van der Waals surface area contributed by atoms with E-state index in [0.29, 0.717) is 18.7 Å². The van der Waals surface area contributed by atoms with Gasteiger partial charge in [-0.3, -0.25) is 0 Å². The highest BCUT2D eigenvalue weighted by Crippen LogP contribution is 2.13. The molecule has 0 spiro atoms. The number of hydrogen-bond acceptors (Lipinski definition) is 7. The predicted octanol–water partition coefficient (Wildman–Crippen LogP) is 2.07. The first-order valence-electron chi connectivity index (χ1n) is 7.96. The zero-order valence-electron chi connectivity index (χ0n) is 14.4. The van der Waals surface area contributed by atoms with Crippen LogP contribution in [0.4, 0.5) is 0 Å². The summed E-state index contributed by atoms with van der Waals surface area (Å²) in [6.45, 7) is 5.41. The van der Waals surface area contributed by atoms with Crippen LogP contribution in [0, 0.1) is 0 Å². The van der Waals surface area contributed by atoms with E-state index in [0.717, 1.165) is 0 Å². The number of esters is 1. The second-order valence-electron chi connectivity index (χ2n) is 5.49. The number of nitrogens with zero attached hydrogens (tertiary/aromatic N) is 2. The highest BCUT2D eigenvalue weighted by Gasteiger charge is 2.18. The molecule has 0 bridgehead atoms. The number of rotatable bonds is 8. The minimum absolute atomic E-state index is 0.0915. The van der Waals surface area contributed by atoms with Gasteiger partial charge in [-0.05, 0) is 37.6 Å². The van der Waals surface area contributed by atoms with Crippen molar-refractivity contribution in [3.05, 3.63) is 41.5 Å². The topological polar surface area (TPSA) is 111 Å². The summed E-state index contributed by atoms with van der Waals surface area (Å²) in [7, 11) is -3.60. The fourth-order valence-corrected chi connectivity index (χ4v) is 3.22. The molecule has 2 aromatic rings. The van der Waals surface area contributed by atoms with Crippen molar-refractivity contribution in [2.75, 3.05) is 0 Å². The molecule has 9 heteroatoms. The monoisotopic (exact) mass is 367 g/mol. The van der Waals surface area contributed by atoms with E-state index in [1.54, 1.807) is 6.92 Å². The van der Waals surface area contributed by atoms with Crippen molar-refractivity contribution in [3.8, 4) is 0 Å². The largest absolute Gasteiger partial charge is 0.452 e. The third-order valence-electron chi connectivity index (χ3n) is 3.52. The molecule has 0 radical (unpaired) electrons. The van der Waals surface area contributed by atoms with Crippen LogP contribution in [0.3, 0.4) is 0 Å². The maximum atomic E-state index is 12.2. The quantitative estimate of drug-likeness (QED) is 0.711. The molecular weight excluding hydrogens is 346 g/mol. The SMILES string of the molecule is CCc1noc(COC(=O)c2ccc(S(=O)(=O)NC(C)CC)cc2)n1. The minimum Gasteiger partial charge on any atom is -0.452 e. The van der Waals surface area contributed by atoms with Crippen LogP contribution in [0.15, 0.2) is 33.7 Å². The second-order valence-corrected chi connectivity index (χ2v) is 7.20. The lowest BCUT2D eigenvalue weighted by Crippen LogP contribution is -2.32. The van der Waals surface area contributed by atoms with Crippen LogP contribution in [0.5, 0.6) is 0 Å². The number of aryl methyl sites for hydroxylation is 1. The molecular formula is C16H21N3O5S. The van der Waals surface area contributed by atoms with Gasteiger partial charge in [-0.25, -0.2) is 17.9 Å². The second kappa shape index (κ2) is 8.21. The molecule has 1 aromatic carbocycles. The van der Waals surface area contributed by atoms with Gasteiger partial charge in [-0.1, -0.05) is 19.0 Å². The molecule has 1 aromatic heterocycles. The number of hydrogen-bond donors (Lipinski definition) is 1. The summed E-state index contributed by atoms with van der Waals surface area (Å²) in [6.07, 6.45) is 1.30. The van der Waals surface area contributed by atoms with Gasteiger partial charge in [-0.15, -0.1) is 0 Å². The van der Waals surface area contributed by atoms with Gasteiger partial charge < -0.3 is 9.26 Å². The smallest absolute Gasteiger partial charge is 0.338 e. The number of benzene rings is 1. The first-order valence-corrected chi connectivity index (χ1v) is 9.45. The first kappa shape index (κ1) is 19.1. The van der Waals surface area contributed by atoms with Crippen molar-refractivity contribution in [2.24, 2.45) is 0 Å². The molecule has 0 saturated heterocycles. The Hall–Kier alpha value is -2.26. The Morgan fingerprint density at radius 3 is 2.52 bits per heavy atom. The number of sulfonamides is 1. The summed E-state index contributed by atoms with van der Waals surface area (Å²) >= 11 is 0.